The fourth-order valence-corrected chi connectivity index (χ4v) is 2.15. The molecule has 0 saturated carbocycles. The van der Waals surface area contributed by atoms with Crippen LogP contribution in [0, 0.1) is 0 Å². The molecule has 0 aromatic rings. The van der Waals surface area contributed by atoms with Gasteiger partial charge in [0.05, 0.1) is 5.60 Å². The van der Waals surface area contributed by atoms with Crippen molar-refractivity contribution in [2.45, 2.75) is 31.8 Å². The van der Waals surface area contributed by atoms with Crippen LogP contribution in [0.1, 0.15) is 26.2 Å². The maximum atomic E-state index is 9.46. The fraction of sp³-hybridized carbons (Fsp3) is 0.714. The zero-order chi connectivity index (χ0) is 6.91. The van der Waals surface area contributed by atoms with Crippen LogP contribution in [0.2, 0.25) is 0 Å². The van der Waals surface area contributed by atoms with Gasteiger partial charge >= 0.3 is 0 Å². The molecule has 0 aromatic carbocycles. The van der Waals surface area contributed by atoms with Crippen molar-refractivity contribution in [3.63, 3.8) is 0 Å². The number of halogens is 1. The SMILES string of the molecule is CC1(O)C=C(I)CCC1. The van der Waals surface area contributed by atoms with E-state index in [0.717, 1.165) is 19.3 Å². The summed E-state index contributed by atoms with van der Waals surface area (Å²) in [6.45, 7) is 1.87. The maximum Gasteiger partial charge on any atom is 0.0809 e. The first kappa shape index (κ1) is 7.54. The average Bonchev–Trinajstić information content (AvgIpc) is 1.60. The molecule has 0 heterocycles. The quantitative estimate of drug-likeness (QED) is 0.641. The number of allylic oxidation sites excluding steroid dienone is 1. The van der Waals surface area contributed by atoms with Crippen molar-refractivity contribution in [2.24, 2.45) is 0 Å². The molecule has 0 aromatic heterocycles. The zero-order valence-corrected chi connectivity index (χ0v) is 7.68. The Balaban J connectivity index is 2.68. The Kier molecular flexibility index (Phi) is 2.16. The molecule has 1 N–H and O–H groups in total. The van der Waals surface area contributed by atoms with E-state index in [-0.39, 0.29) is 0 Å². The molecule has 0 radical (unpaired) electrons. The molecule has 1 atom stereocenters. The second-order valence-electron chi connectivity index (χ2n) is 2.80. The number of aliphatic hydroxyl groups is 1. The highest BCUT2D eigenvalue weighted by molar-refractivity contribution is 14.1. The van der Waals surface area contributed by atoms with E-state index in [0.29, 0.717) is 0 Å². The Bertz CT molecular complexity index is 138. The molecule has 1 unspecified atom stereocenters. The van der Waals surface area contributed by atoms with Crippen LogP contribution in [0.4, 0.5) is 0 Å². The van der Waals surface area contributed by atoms with Crippen LogP contribution < -0.4 is 0 Å². The summed E-state index contributed by atoms with van der Waals surface area (Å²) in [4.78, 5) is 0. The highest BCUT2D eigenvalue weighted by Crippen LogP contribution is 2.29. The summed E-state index contributed by atoms with van der Waals surface area (Å²) in [6, 6.07) is 0. The van der Waals surface area contributed by atoms with Crippen LogP contribution in [-0.2, 0) is 0 Å². The van der Waals surface area contributed by atoms with Crippen molar-refractivity contribution in [3.05, 3.63) is 9.66 Å². The lowest BCUT2D eigenvalue weighted by atomic mass is 9.93. The summed E-state index contributed by atoms with van der Waals surface area (Å²) in [5.74, 6) is 0. The molecule has 0 spiro atoms. The lowest BCUT2D eigenvalue weighted by molar-refractivity contribution is 0.0945. The molecule has 1 nitrogen and oxygen atoms in total. The molecule has 1 aliphatic rings. The van der Waals surface area contributed by atoms with E-state index in [9.17, 15) is 5.11 Å². The van der Waals surface area contributed by atoms with Crippen LogP contribution in [0.5, 0.6) is 0 Å². The Labute approximate surface area is 69.3 Å². The first-order valence-corrected chi connectivity index (χ1v) is 4.28. The van der Waals surface area contributed by atoms with Crippen molar-refractivity contribution in [2.75, 3.05) is 0 Å². The highest BCUT2D eigenvalue weighted by atomic mass is 127. The molecule has 9 heavy (non-hydrogen) atoms. The average molecular weight is 238 g/mol. The third kappa shape index (κ3) is 2.26. The molecule has 0 amide bonds. The van der Waals surface area contributed by atoms with Crippen LogP contribution in [0.3, 0.4) is 0 Å². The molecule has 2 heteroatoms. The van der Waals surface area contributed by atoms with Crippen LogP contribution >= 0.6 is 22.6 Å². The monoisotopic (exact) mass is 238 g/mol. The summed E-state index contributed by atoms with van der Waals surface area (Å²) in [5, 5.41) is 9.46. The van der Waals surface area contributed by atoms with E-state index < -0.39 is 5.60 Å². The second-order valence-corrected chi connectivity index (χ2v) is 4.19. The standard InChI is InChI=1S/C7H11IO/c1-7(9)4-2-3-6(8)5-7/h5,9H,2-4H2,1H3. The van der Waals surface area contributed by atoms with Gasteiger partial charge in [0.2, 0.25) is 0 Å². The van der Waals surface area contributed by atoms with E-state index in [2.05, 4.69) is 22.6 Å². The van der Waals surface area contributed by atoms with Crippen molar-refractivity contribution in [1.82, 2.24) is 0 Å². The summed E-state index contributed by atoms with van der Waals surface area (Å²) in [5.41, 5.74) is -0.519. The molecule has 0 bridgehead atoms. The van der Waals surface area contributed by atoms with Gasteiger partial charge in [-0.25, -0.2) is 0 Å². The van der Waals surface area contributed by atoms with Gasteiger partial charge in [-0.05, 0) is 58.4 Å². The number of hydrogen-bond donors (Lipinski definition) is 1. The minimum absolute atomic E-state index is 0.519. The minimum atomic E-state index is -0.519. The summed E-state index contributed by atoms with van der Waals surface area (Å²) in [7, 11) is 0. The smallest absolute Gasteiger partial charge is 0.0809 e. The first-order chi connectivity index (χ1) is 4.10. The fourth-order valence-electron chi connectivity index (χ4n) is 1.10. The van der Waals surface area contributed by atoms with Gasteiger partial charge in [-0.2, -0.15) is 0 Å². The van der Waals surface area contributed by atoms with E-state index in [4.69, 9.17) is 0 Å². The molecule has 1 aliphatic carbocycles. The van der Waals surface area contributed by atoms with Crippen LogP contribution in [0.15, 0.2) is 9.66 Å². The van der Waals surface area contributed by atoms with E-state index in [1.807, 2.05) is 13.0 Å². The van der Waals surface area contributed by atoms with E-state index in [1.165, 1.54) is 3.58 Å². The second kappa shape index (κ2) is 2.58. The molecular formula is C7H11IO. The largest absolute Gasteiger partial charge is 0.386 e. The third-order valence-electron chi connectivity index (χ3n) is 1.57. The van der Waals surface area contributed by atoms with E-state index in [1.54, 1.807) is 0 Å². The predicted molar refractivity (Wildman–Crippen MR) is 46.6 cm³/mol. The summed E-state index contributed by atoms with van der Waals surface area (Å²) in [6.07, 6.45) is 5.15. The Morgan fingerprint density at radius 3 is 2.78 bits per heavy atom. The summed E-state index contributed by atoms with van der Waals surface area (Å²) < 4.78 is 1.30. The van der Waals surface area contributed by atoms with E-state index >= 15 is 0 Å². The topological polar surface area (TPSA) is 20.2 Å². The van der Waals surface area contributed by atoms with Crippen molar-refractivity contribution >= 4 is 22.6 Å². The Morgan fingerprint density at radius 2 is 2.44 bits per heavy atom. The van der Waals surface area contributed by atoms with Gasteiger partial charge in [-0.15, -0.1) is 0 Å². The highest BCUT2D eigenvalue weighted by Gasteiger charge is 2.20. The minimum Gasteiger partial charge on any atom is -0.386 e. The van der Waals surface area contributed by atoms with Gasteiger partial charge in [0.25, 0.3) is 0 Å². The Morgan fingerprint density at radius 1 is 1.78 bits per heavy atom. The molecule has 0 fully saturated rings. The zero-order valence-electron chi connectivity index (χ0n) is 5.52. The van der Waals surface area contributed by atoms with Crippen molar-refractivity contribution < 1.29 is 5.11 Å². The van der Waals surface area contributed by atoms with Gasteiger partial charge < -0.3 is 5.11 Å². The third-order valence-corrected chi connectivity index (χ3v) is 2.42. The normalized spacial score (nSPS) is 36.1. The first-order valence-electron chi connectivity index (χ1n) is 3.20. The van der Waals surface area contributed by atoms with Gasteiger partial charge in [0.1, 0.15) is 0 Å². The predicted octanol–water partition coefficient (Wildman–Crippen LogP) is 2.24. The molecule has 52 valence electrons. The summed E-state index contributed by atoms with van der Waals surface area (Å²) >= 11 is 2.28. The van der Waals surface area contributed by atoms with Crippen molar-refractivity contribution in [3.8, 4) is 0 Å². The van der Waals surface area contributed by atoms with Crippen molar-refractivity contribution in [1.29, 1.82) is 0 Å². The van der Waals surface area contributed by atoms with Gasteiger partial charge in [-0.1, -0.05) is 0 Å². The Hall–Kier alpha value is 0.430. The lowest BCUT2D eigenvalue weighted by Gasteiger charge is -2.23. The lowest BCUT2D eigenvalue weighted by Crippen LogP contribution is -2.23. The molecule has 0 saturated heterocycles. The van der Waals surface area contributed by atoms with Gasteiger partial charge in [0.15, 0.2) is 0 Å². The molecule has 0 aliphatic heterocycles. The van der Waals surface area contributed by atoms with Crippen LogP contribution in [0.25, 0.3) is 0 Å². The number of hydrogen-bond acceptors (Lipinski definition) is 1. The number of rotatable bonds is 0. The molecular weight excluding hydrogens is 227 g/mol. The maximum absolute atomic E-state index is 9.46. The molecule has 1 rings (SSSR count). The van der Waals surface area contributed by atoms with Gasteiger partial charge in [0, 0.05) is 0 Å². The van der Waals surface area contributed by atoms with Crippen LogP contribution in [-0.4, -0.2) is 10.7 Å². The van der Waals surface area contributed by atoms with Gasteiger partial charge in [-0.3, -0.25) is 0 Å².